The number of hydrogen-bond donors (Lipinski definition) is 3. The van der Waals surface area contributed by atoms with Crippen LogP contribution >= 0.6 is 15.9 Å². The second-order valence-electron chi connectivity index (χ2n) is 5.95. The Kier molecular flexibility index (Phi) is 6.20. The van der Waals surface area contributed by atoms with Crippen molar-refractivity contribution < 1.29 is 9.84 Å². The van der Waals surface area contributed by atoms with Crippen molar-refractivity contribution in [2.45, 2.75) is 26.1 Å². The lowest BCUT2D eigenvalue weighted by Gasteiger charge is -2.17. The zero-order chi connectivity index (χ0) is 19.2. The van der Waals surface area contributed by atoms with E-state index in [9.17, 15) is 5.11 Å². The van der Waals surface area contributed by atoms with Gasteiger partial charge in [-0.1, -0.05) is 6.07 Å². The molecule has 0 fully saturated rings. The molecule has 0 bridgehead atoms. The summed E-state index contributed by atoms with van der Waals surface area (Å²) in [5.41, 5.74) is 1.75. The standard InChI is InChI=1S/C19H20BrN5O2/c1-12(26)13(2)27-18-16(20)11-22-19(25-18)24-15-8-6-14(7-9-15)23-17-5-3-4-10-21-17/h3-13,26H,1-2H3,(H,21,23)(H,22,24,25)/t12-,13-/m1/s1. The van der Waals surface area contributed by atoms with Crippen molar-refractivity contribution in [3.63, 3.8) is 0 Å². The molecule has 0 radical (unpaired) electrons. The number of pyridine rings is 1. The monoisotopic (exact) mass is 429 g/mol. The molecule has 0 aliphatic heterocycles. The number of aliphatic hydroxyl groups excluding tert-OH is 1. The topological polar surface area (TPSA) is 92.2 Å². The minimum absolute atomic E-state index is 0.370. The van der Waals surface area contributed by atoms with Gasteiger partial charge in [0, 0.05) is 17.6 Å². The summed E-state index contributed by atoms with van der Waals surface area (Å²) in [5, 5.41) is 16.0. The molecule has 1 aromatic carbocycles. The molecule has 3 N–H and O–H groups in total. The fraction of sp³-hybridized carbons (Fsp3) is 0.211. The molecule has 0 amide bonds. The van der Waals surface area contributed by atoms with E-state index in [1.807, 2.05) is 42.5 Å². The van der Waals surface area contributed by atoms with Crippen LogP contribution in [0.5, 0.6) is 5.88 Å². The maximum Gasteiger partial charge on any atom is 0.233 e. The quantitative estimate of drug-likeness (QED) is 0.516. The molecule has 3 aromatic rings. The lowest BCUT2D eigenvalue weighted by atomic mass is 10.2. The van der Waals surface area contributed by atoms with Gasteiger partial charge in [0.05, 0.1) is 16.8 Å². The van der Waals surface area contributed by atoms with Gasteiger partial charge in [0.15, 0.2) is 0 Å². The fourth-order valence-electron chi connectivity index (χ4n) is 2.12. The number of aromatic nitrogens is 3. The van der Waals surface area contributed by atoms with Gasteiger partial charge in [-0.3, -0.25) is 0 Å². The Bertz CT molecular complexity index is 875. The minimum atomic E-state index is -0.609. The van der Waals surface area contributed by atoms with Crippen LogP contribution in [0.15, 0.2) is 59.3 Å². The van der Waals surface area contributed by atoms with Crippen molar-refractivity contribution in [1.82, 2.24) is 15.0 Å². The predicted octanol–water partition coefficient (Wildman–Crippen LogP) is 4.27. The van der Waals surface area contributed by atoms with E-state index in [4.69, 9.17) is 4.74 Å². The van der Waals surface area contributed by atoms with Crippen molar-refractivity contribution in [2.24, 2.45) is 0 Å². The Balaban J connectivity index is 1.68. The molecule has 0 saturated heterocycles. The molecule has 0 saturated carbocycles. The first kappa shape index (κ1) is 19.1. The van der Waals surface area contributed by atoms with Crippen LogP contribution in [0.2, 0.25) is 0 Å². The van der Waals surface area contributed by atoms with Crippen LogP contribution in [-0.4, -0.2) is 32.3 Å². The zero-order valence-electron chi connectivity index (χ0n) is 14.9. The highest BCUT2D eigenvalue weighted by Crippen LogP contribution is 2.26. The molecule has 8 heteroatoms. The Morgan fingerprint density at radius 1 is 1.00 bits per heavy atom. The van der Waals surface area contributed by atoms with E-state index in [0.717, 1.165) is 17.2 Å². The Hall–Kier alpha value is -2.71. The van der Waals surface area contributed by atoms with Gasteiger partial charge in [0.1, 0.15) is 11.9 Å². The molecule has 0 spiro atoms. The minimum Gasteiger partial charge on any atom is -0.471 e. The molecule has 2 aromatic heterocycles. The number of hydrogen-bond acceptors (Lipinski definition) is 7. The lowest BCUT2D eigenvalue weighted by Crippen LogP contribution is -2.26. The molecule has 27 heavy (non-hydrogen) atoms. The summed E-state index contributed by atoms with van der Waals surface area (Å²) in [5.74, 6) is 1.55. The van der Waals surface area contributed by atoms with Gasteiger partial charge in [-0.2, -0.15) is 4.98 Å². The van der Waals surface area contributed by atoms with Crippen molar-refractivity contribution in [3.8, 4) is 5.88 Å². The molecule has 3 rings (SSSR count). The van der Waals surface area contributed by atoms with E-state index in [1.165, 1.54) is 0 Å². The van der Waals surface area contributed by atoms with Crippen molar-refractivity contribution in [1.29, 1.82) is 0 Å². The largest absolute Gasteiger partial charge is 0.471 e. The molecule has 0 unspecified atom stereocenters. The van der Waals surface area contributed by atoms with Gasteiger partial charge in [-0.25, -0.2) is 9.97 Å². The van der Waals surface area contributed by atoms with Crippen molar-refractivity contribution in [3.05, 3.63) is 59.3 Å². The number of aliphatic hydroxyl groups is 1. The molecule has 140 valence electrons. The Morgan fingerprint density at radius 3 is 2.33 bits per heavy atom. The van der Waals surface area contributed by atoms with E-state index in [-0.39, 0.29) is 6.10 Å². The second-order valence-corrected chi connectivity index (χ2v) is 6.81. The third kappa shape index (κ3) is 5.38. The van der Waals surface area contributed by atoms with E-state index in [2.05, 4.69) is 41.5 Å². The first-order chi connectivity index (χ1) is 13.0. The molecule has 0 aliphatic carbocycles. The third-order valence-electron chi connectivity index (χ3n) is 3.77. The first-order valence-electron chi connectivity index (χ1n) is 8.43. The van der Waals surface area contributed by atoms with E-state index < -0.39 is 6.10 Å². The summed E-state index contributed by atoms with van der Waals surface area (Å²) >= 11 is 3.36. The number of nitrogens with zero attached hydrogens (tertiary/aromatic N) is 3. The number of ether oxygens (including phenoxy) is 1. The van der Waals surface area contributed by atoms with E-state index in [1.54, 1.807) is 26.2 Å². The summed E-state index contributed by atoms with van der Waals surface area (Å²) < 4.78 is 6.29. The predicted molar refractivity (Wildman–Crippen MR) is 109 cm³/mol. The summed E-state index contributed by atoms with van der Waals surface area (Å²) in [7, 11) is 0. The van der Waals surface area contributed by atoms with Crippen LogP contribution in [0.3, 0.4) is 0 Å². The lowest BCUT2D eigenvalue weighted by molar-refractivity contribution is 0.0569. The van der Waals surface area contributed by atoms with Crippen LogP contribution in [0, 0.1) is 0 Å². The SMILES string of the molecule is C[C@@H](O)[C@@H](C)Oc1nc(Nc2ccc(Nc3ccccn3)cc2)ncc1Br. The van der Waals surface area contributed by atoms with Crippen LogP contribution in [-0.2, 0) is 0 Å². The fourth-order valence-corrected chi connectivity index (χ4v) is 2.40. The highest BCUT2D eigenvalue weighted by molar-refractivity contribution is 9.10. The molecular formula is C19H20BrN5O2. The molecular weight excluding hydrogens is 410 g/mol. The number of halogens is 1. The van der Waals surface area contributed by atoms with E-state index >= 15 is 0 Å². The summed E-state index contributed by atoms with van der Waals surface area (Å²) in [6, 6.07) is 13.4. The average molecular weight is 430 g/mol. The zero-order valence-corrected chi connectivity index (χ0v) is 16.5. The third-order valence-corrected chi connectivity index (χ3v) is 4.31. The van der Waals surface area contributed by atoms with Crippen LogP contribution < -0.4 is 15.4 Å². The normalized spacial score (nSPS) is 12.9. The van der Waals surface area contributed by atoms with Crippen molar-refractivity contribution >= 4 is 39.1 Å². The Labute approximate surface area is 166 Å². The maximum atomic E-state index is 9.60. The molecule has 2 atom stereocenters. The highest BCUT2D eigenvalue weighted by atomic mass is 79.9. The summed E-state index contributed by atoms with van der Waals surface area (Å²) in [6.07, 6.45) is 2.35. The van der Waals surface area contributed by atoms with Gasteiger partial charge in [0.2, 0.25) is 11.8 Å². The van der Waals surface area contributed by atoms with Gasteiger partial charge in [-0.05, 0) is 66.2 Å². The number of anilines is 4. The van der Waals surface area contributed by atoms with Crippen molar-refractivity contribution in [2.75, 3.05) is 10.6 Å². The number of rotatable bonds is 7. The summed E-state index contributed by atoms with van der Waals surface area (Å²) in [6.45, 7) is 3.44. The highest BCUT2D eigenvalue weighted by Gasteiger charge is 2.14. The molecule has 0 aliphatic rings. The first-order valence-corrected chi connectivity index (χ1v) is 9.23. The average Bonchev–Trinajstić information content (AvgIpc) is 2.67. The van der Waals surface area contributed by atoms with E-state index in [0.29, 0.717) is 16.3 Å². The van der Waals surface area contributed by atoms with Crippen LogP contribution in [0.4, 0.5) is 23.1 Å². The number of benzene rings is 1. The van der Waals surface area contributed by atoms with Crippen LogP contribution in [0.1, 0.15) is 13.8 Å². The maximum absolute atomic E-state index is 9.60. The van der Waals surface area contributed by atoms with Gasteiger partial charge in [-0.15, -0.1) is 0 Å². The smallest absolute Gasteiger partial charge is 0.233 e. The van der Waals surface area contributed by atoms with Gasteiger partial charge >= 0.3 is 0 Å². The second kappa shape index (κ2) is 8.79. The molecule has 7 nitrogen and oxygen atoms in total. The number of nitrogens with one attached hydrogen (secondary N) is 2. The van der Waals surface area contributed by atoms with Gasteiger partial charge in [0.25, 0.3) is 0 Å². The summed E-state index contributed by atoms with van der Waals surface area (Å²) in [4.78, 5) is 12.8. The van der Waals surface area contributed by atoms with Crippen LogP contribution in [0.25, 0.3) is 0 Å². The molecule has 2 heterocycles. The Morgan fingerprint density at radius 2 is 1.70 bits per heavy atom. The van der Waals surface area contributed by atoms with Gasteiger partial charge < -0.3 is 20.5 Å².